The third kappa shape index (κ3) is 4.87. The second-order valence-corrected chi connectivity index (χ2v) is 9.08. The normalized spacial score (nSPS) is 23.1. The molecule has 4 rings (SSSR count). The molecule has 2 fully saturated rings. The standard InChI is InChI=1S/C22H23ClN2O3S/c23-16-6-3-5-15(11-16)12-20-22(27)25(18-8-1-2-9-19(18)29-20)14-21(26)24-13-17-7-4-10-28-17/h3-7,10-12,18-19H,1-2,8-9,13-14H2,(H,24,26)/b20-12+. The lowest BCUT2D eigenvalue weighted by Gasteiger charge is -2.43. The van der Waals surface area contributed by atoms with Crippen LogP contribution in [-0.2, 0) is 16.1 Å². The predicted molar refractivity (Wildman–Crippen MR) is 115 cm³/mol. The average Bonchev–Trinajstić information content (AvgIpc) is 3.23. The van der Waals surface area contributed by atoms with Crippen LogP contribution < -0.4 is 5.32 Å². The summed E-state index contributed by atoms with van der Waals surface area (Å²) in [5.41, 5.74) is 0.893. The average molecular weight is 431 g/mol. The van der Waals surface area contributed by atoms with Gasteiger partial charge in [-0.2, -0.15) is 0 Å². The van der Waals surface area contributed by atoms with Crippen LogP contribution in [0.15, 0.2) is 52.0 Å². The lowest BCUT2D eigenvalue weighted by atomic mass is 9.93. The molecular weight excluding hydrogens is 408 g/mol. The van der Waals surface area contributed by atoms with Gasteiger partial charge in [-0.3, -0.25) is 9.59 Å². The second-order valence-electron chi connectivity index (χ2n) is 7.36. The summed E-state index contributed by atoms with van der Waals surface area (Å²) in [6.45, 7) is 0.385. The Kier molecular flexibility index (Phi) is 6.31. The number of carbonyl (C=O) groups excluding carboxylic acids is 2. The molecule has 0 bridgehead atoms. The Morgan fingerprint density at radius 2 is 2.14 bits per heavy atom. The zero-order chi connectivity index (χ0) is 20.2. The summed E-state index contributed by atoms with van der Waals surface area (Å²) in [5.74, 6) is 0.440. The molecule has 1 aliphatic heterocycles. The maximum Gasteiger partial charge on any atom is 0.261 e. The van der Waals surface area contributed by atoms with E-state index in [-0.39, 0.29) is 24.4 Å². The van der Waals surface area contributed by atoms with Crippen LogP contribution >= 0.6 is 23.4 Å². The molecule has 1 saturated carbocycles. The first-order valence-electron chi connectivity index (χ1n) is 9.84. The van der Waals surface area contributed by atoms with Crippen molar-refractivity contribution in [1.29, 1.82) is 0 Å². The van der Waals surface area contributed by atoms with Crippen LogP contribution in [0.25, 0.3) is 6.08 Å². The van der Waals surface area contributed by atoms with Crippen LogP contribution in [0.4, 0.5) is 0 Å². The molecule has 5 nitrogen and oxygen atoms in total. The largest absolute Gasteiger partial charge is 0.467 e. The molecular formula is C22H23ClN2O3S. The number of benzene rings is 1. The van der Waals surface area contributed by atoms with E-state index in [1.807, 2.05) is 36.4 Å². The van der Waals surface area contributed by atoms with Gasteiger partial charge in [-0.15, -0.1) is 11.8 Å². The molecule has 0 radical (unpaired) electrons. The van der Waals surface area contributed by atoms with E-state index in [0.29, 0.717) is 27.5 Å². The number of hydrogen-bond acceptors (Lipinski definition) is 4. The molecule has 1 aromatic heterocycles. The minimum absolute atomic E-state index is 0.0636. The van der Waals surface area contributed by atoms with Gasteiger partial charge in [-0.05, 0) is 48.7 Å². The zero-order valence-corrected chi connectivity index (χ0v) is 17.5. The Labute approximate surface area is 179 Å². The molecule has 7 heteroatoms. The lowest BCUT2D eigenvalue weighted by molar-refractivity contribution is -0.135. The van der Waals surface area contributed by atoms with Crippen molar-refractivity contribution in [2.45, 2.75) is 43.5 Å². The fourth-order valence-corrected chi connectivity index (χ4v) is 5.59. The number of nitrogens with zero attached hydrogens (tertiary/aromatic N) is 1. The number of furan rings is 1. The van der Waals surface area contributed by atoms with Gasteiger partial charge in [0, 0.05) is 16.3 Å². The molecule has 29 heavy (non-hydrogen) atoms. The summed E-state index contributed by atoms with van der Waals surface area (Å²) in [7, 11) is 0. The van der Waals surface area contributed by atoms with E-state index in [1.54, 1.807) is 29.0 Å². The molecule has 2 atom stereocenters. The zero-order valence-electron chi connectivity index (χ0n) is 16.0. The molecule has 2 heterocycles. The van der Waals surface area contributed by atoms with Gasteiger partial charge in [0.05, 0.1) is 17.7 Å². The number of halogens is 1. The van der Waals surface area contributed by atoms with E-state index in [4.69, 9.17) is 16.0 Å². The molecule has 2 unspecified atom stereocenters. The molecule has 1 aromatic carbocycles. The summed E-state index contributed by atoms with van der Waals surface area (Å²) < 4.78 is 5.26. The highest BCUT2D eigenvalue weighted by Gasteiger charge is 2.41. The van der Waals surface area contributed by atoms with Crippen molar-refractivity contribution < 1.29 is 14.0 Å². The summed E-state index contributed by atoms with van der Waals surface area (Å²) >= 11 is 7.74. The topological polar surface area (TPSA) is 62.6 Å². The van der Waals surface area contributed by atoms with E-state index in [2.05, 4.69) is 5.32 Å². The van der Waals surface area contributed by atoms with Crippen molar-refractivity contribution in [3.63, 3.8) is 0 Å². The Balaban J connectivity index is 1.51. The van der Waals surface area contributed by atoms with Crippen LogP contribution in [0.3, 0.4) is 0 Å². The molecule has 2 amide bonds. The molecule has 2 aliphatic rings. The molecule has 1 N–H and O–H groups in total. The van der Waals surface area contributed by atoms with E-state index in [1.165, 1.54) is 0 Å². The minimum Gasteiger partial charge on any atom is -0.467 e. The number of fused-ring (bicyclic) bond motifs is 1. The van der Waals surface area contributed by atoms with Gasteiger partial charge in [-0.1, -0.05) is 36.6 Å². The molecule has 1 aliphatic carbocycles. The highest BCUT2D eigenvalue weighted by atomic mass is 35.5. The predicted octanol–water partition coefficient (Wildman–Crippen LogP) is 4.48. The van der Waals surface area contributed by atoms with E-state index < -0.39 is 0 Å². The van der Waals surface area contributed by atoms with Gasteiger partial charge in [0.1, 0.15) is 12.3 Å². The van der Waals surface area contributed by atoms with E-state index in [0.717, 1.165) is 31.2 Å². The maximum atomic E-state index is 13.2. The van der Waals surface area contributed by atoms with Crippen LogP contribution in [0, 0.1) is 0 Å². The van der Waals surface area contributed by atoms with Crippen LogP contribution in [0.5, 0.6) is 0 Å². The van der Waals surface area contributed by atoms with Crippen LogP contribution in [0.2, 0.25) is 5.02 Å². The second kappa shape index (κ2) is 9.09. The number of carbonyl (C=O) groups is 2. The monoisotopic (exact) mass is 430 g/mol. The fourth-order valence-electron chi connectivity index (χ4n) is 3.92. The number of hydrogen-bond donors (Lipinski definition) is 1. The number of rotatable bonds is 5. The summed E-state index contributed by atoms with van der Waals surface area (Å²) in [6.07, 6.45) is 7.71. The summed E-state index contributed by atoms with van der Waals surface area (Å²) in [6, 6.07) is 11.2. The van der Waals surface area contributed by atoms with Crippen molar-refractivity contribution in [3.05, 3.63) is 63.9 Å². The van der Waals surface area contributed by atoms with Crippen molar-refractivity contribution in [2.24, 2.45) is 0 Å². The minimum atomic E-state index is -0.173. The lowest BCUT2D eigenvalue weighted by Crippen LogP contribution is -2.54. The van der Waals surface area contributed by atoms with Crippen molar-refractivity contribution in [3.8, 4) is 0 Å². The van der Waals surface area contributed by atoms with E-state index in [9.17, 15) is 9.59 Å². The van der Waals surface area contributed by atoms with E-state index >= 15 is 0 Å². The molecule has 1 saturated heterocycles. The SMILES string of the molecule is O=C(CN1C(=O)/C(=C\c2cccc(Cl)c2)SC2CCCCC21)NCc1ccco1. The Morgan fingerprint density at radius 3 is 2.93 bits per heavy atom. The highest BCUT2D eigenvalue weighted by molar-refractivity contribution is 8.04. The fraction of sp³-hybridized carbons (Fsp3) is 0.364. The molecule has 2 aromatic rings. The van der Waals surface area contributed by atoms with Crippen LogP contribution in [0.1, 0.15) is 37.0 Å². The van der Waals surface area contributed by atoms with Gasteiger partial charge in [0.25, 0.3) is 5.91 Å². The third-order valence-corrected chi connectivity index (χ3v) is 6.95. The van der Waals surface area contributed by atoms with Crippen molar-refractivity contribution in [2.75, 3.05) is 6.54 Å². The smallest absolute Gasteiger partial charge is 0.261 e. The summed E-state index contributed by atoms with van der Waals surface area (Å²) in [4.78, 5) is 28.2. The first kappa shape index (κ1) is 20.1. The highest BCUT2D eigenvalue weighted by Crippen LogP contribution is 2.42. The maximum absolute atomic E-state index is 13.2. The molecule has 0 spiro atoms. The quantitative estimate of drug-likeness (QED) is 0.710. The number of amides is 2. The van der Waals surface area contributed by atoms with Gasteiger partial charge in [0.15, 0.2) is 0 Å². The van der Waals surface area contributed by atoms with Crippen molar-refractivity contribution in [1.82, 2.24) is 10.2 Å². The third-order valence-electron chi connectivity index (χ3n) is 5.32. The Bertz CT molecular complexity index is 913. The van der Waals surface area contributed by atoms with Crippen LogP contribution in [-0.4, -0.2) is 34.6 Å². The summed E-state index contributed by atoms with van der Waals surface area (Å²) in [5, 5.41) is 3.81. The molecule has 152 valence electrons. The van der Waals surface area contributed by atoms with Gasteiger partial charge >= 0.3 is 0 Å². The Morgan fingerprint density at radius 1 is 1.28 bits per heavy atom. The first-order valence-corrected chi connectivity index (χ1v) is 11.1. The first-order chi connectivity index (χ1) is 14.1. The Hall–Kier alpha value is -2.18. The number of thioether (sulfide) groups is 1. The van der Waals surface area contributed by atoms with Gasteiger partial charge < -0.3 is 14.6 Å². The van der Waals surface area contributed by atoms with Crippen molar-refractivity contribution >= 4 is 41.3 Å². The van der Waals surface area contributed by atoms with Gasteiger partial charge in [0.2, 0.25) is 5.91 Å². The number of nitrogens with one attached hydrogen (secondary N) is 1. The van der Waals surface area contributed by atoms with Gasteiger partial charge in [-0.25, -0.2) is 0 Å².